The quantitative estimate of drug-likeness (QED) is 0.294. The van der Waals surface area contributed by atoms with Gasteiger partial charge in [-0.25, -0.2) is 18.8 Å². The van der Waals surface area contributed by atoms with Crippen LogP contribution in [0.2, 0.25) is 0 Å². The van der Waals surface area contributed by atoms with Crippen LogP contribution in [-0.4, -0.2) is 55.6 Å². The molecule has 0 atom stereocenters. The minimum absolute atomic E-state index is 0.178. The van der Waals surface area contributed by atoms with Crippen LogP contribution in [0.5, 0.6) is 0 Å². The number of ether oxygens (including phenoxy) is 4. The fraction of sp³-hybridized carbons (Fsp3) is 0.286. The van der Waals surface area contributed by atoms with Crippen molar-refractivity contribution < 1.29 is 47.9 Å². The molecule has 178 valence electrons. The van der Waals surface area contributed by atoms with Crippen molar-refractivity contribution in [1.82, 2.24) is 0 Å². The summed E-state index contributed by atoms with van der Waals surface area (Å²) in [5, 5.41) is 15.7. The van der Waals surface area contributed by atoms with Crippen LogP contribution in [0, 0.1) is 12.7 Å². The Hall–Kier alpha value is -3.34. The maximum absolute atomic E-state index is 11.9. The van der Waals surface area contributed by atoms with Crippen LogP contribution in [0.15, 0.2) is 59.1 Å². The molecular formula is C21H26BrFO9. The Morgan fingerprint density at radius 2 is 1.34 bits per heavy atom. The van der Waals surface area contributed by atoms with Gasteiger partial charge in [-0.1, -0.05) is 51.8 Å². The minimum Gasteiger partial charge on any atom is -0.450 e. The van der Waals surface area contributed by atoms with E-state index in [1.165, 1.54) is 24.8 Å². The van der Waals surface area contributed by atoms with Crippen molar-refractivity contribution in [3.8, 4) is 0 Å². The number of carboxylic acid groups (broad SMARTS) is 2. The summed E-state index contributed by atoms with van der Waals surface area (Å²) in [5.41, 5.74) is 1.30. The van der Waals surface area contributed by atoms with Crippen LogP contribution in [0.3, 0.4) is 0 Å². The summed E-state index contributed by atoms with van der Waals surface area (Å²) < 4.78 is 29.3. The summed E-state index contributed by atoms with van der Waals surface area (Å²) in [6, 6.07) is 16.2. The van der Waals surface area contributed by atoms with Gasteiger partial charge in [-0.3, -0.25) is 0 Å². The maximum atomic E-state index is 11.9. The molecule has 0 aliphatic rings. The fourth-order valence-electron chi connectivity index (χ4n) is 1.38. The van der Waals surface area contributed by atoms with Gasteiger partial charge < -0.3 is 29.2 Å². The highest BCUT2D eigenvalue weighted by Crippen LogP contribution is 2.08. The summed E-state index contributed by atoms with van der Waals surface area (Å²) >= 11 is 3.35. The van der Waals surface area contributed by atoms with E-state index < -0.39 is 18.5 Å². The lowest BCUT2D eigenvalue weighted by molar-refractivity contribution is 0.0472. The second kappa shape index (κ2) is 20.9. The monoisotopic (exact) mass is 520 g/mol. The Morgan fingerprint density at radius 1 is 0.875 bits per heavy atom. The number of hydrogen-bond acceptors (Lipinski definition) is 7. The van der Waals surface area contributed by atoms with Crippen molar-refractivity contribution in [2.45, 2.75) is 13.8 Å². The zero-order valence-electron chi connectivity index (χ0n) is 17.8. The predicted molar refractivity (Wildman–Crippen MR) is 117 cm³/mol. The van der Waals surface area contributed by atoms with Gasteiger partial charge in [0.25, 0.3) is 0 Å². The first kappa shape index (κ1) is 30.9. The highest BCUT2D eigenvalue weighted by molar-refractivity contribution is 9.10. The molecule has 0 saturated carbocycles. The molecule has 0 aromatic heterocycles. The molecule has 0 radical (unpaired) electrons. The molecule has 11 heteroatoms. The zero-order valence-corrected chi connectivity index (χ0v) is 19.4. The molecule has 9 nitrogen and oxygen atoms in total. The van der Waals surface area contributed by atoms with Crippen LogP contribution in [0.4, 0.5) is 18.8 Å². The normalized spacial score (nSPS) is 8.53. The van der Waals surface area contributed by atoms with Crippen molar-refractivity contribution in [2.24, 2.45) is 0 Å². The van der Waals surface area contributed by atoms with E-state index in [1.54, 1.807) is 25.1 Å². The number of benzene rings is 2. The van der Waals surface area contributed by atoms with Crippen molar-refractivity contribution in [2.75, 3.05) is 26.9 Å². The fourth-order valence-corrected chi connectivity index (χ4v) is 1.65. The van der Waals surface area contributed by atoms with E-state index in [9.17, 15) is 18.8 Å². The molecule has 32 heavy (non-hydrogen) atoms. The SMILES string of the molecule is CCOC(=O)OC.Cc1ccc(Br)cc1.Fc1ccccc1.O=C(O)OCCOC(=O)O. The van der Waals surface area contributed by atoms with Crippen LogP contribution >= 0.6 is 15.9 Å². The standard InChI is InChI=1S/C7H7Br.C6H5F.C4H6O6.C4H8O3/c1-6-2-4-7(8)5-3-6;7-6-4-2-1-3-5-6;5-3(6)9-1-2-10-4(7)8;1-3-7-4(5)6-2/h2-5H,1H3;1-5H;1-2H2,(H,5,6)(H,7,8);3H2,1-2H3. The van der Waals surface area contributed by atoms with Gasteiger partial charge in [-0.15, -0.1) is 0 Å². The first-order valence-electron chi connectivity index (χ1n) is 8.97. The molecule has 0 amide bonds. The second-order valence-corrected chi connectivity index (χ2v) is 6.12. The van der Waals surface area contributed by atoms with Crippen LogP contribution in [-0.2, 0) is 18.9 Å². The average Bonchev–Trinajstić information content (AvgIpc) is 2.75. The third-order valence-corrected chi connectivity index (χ3v) is 3.24. The first-order valence-corrected chi connectivity index (χ1v) is 9.76. The molecule has 2 aromatic rings. The van der Waals surface area contributed by atoms with Crippen molar-refractivity contribution in [3.63, 3.8) is 0 Å². The zero-order chi connectivity index (χ0) is 24.8. The third kappa shape index (κ3) is 24.7. The van der Waals surface area contributed by atoms with E-state index in [1.807, 2.05) is 12.1 Å². The van der Waals surface area contributed by atoms with Gasteiger partial charge in [0.1, 0.15) is 19.0 Å². The third-order valence-electron chi connectivity index (χ3n) is 2.71. The molecule has 0 aliphatic heterocycles. The Morgan fingerprint density at radius 3 is 1.59 bits per heavy atom. The highest BCUT2D eigenvalue weighted by atomic mass is 79.9. The topological polar surface area (TPSA) is 129 Å². The van der Waals surface area contributed by atoms with Gasteiger partial charge in [0.2, 0.25) is 0 Å². The summed E-state index contributed by atoms with van der Waals surface area (Å²) in [6.07, 6.45) is -3.52. The van der Waals surface area contributed by atoms with Crippen molar-refractivity contribution in [3.05, 3.63) is 70.5 Å². The Labute approximate surface area is 193 Å². The van der Waals surface area contributed by atoms with Gasteiger partial charge in [0, 0.05) is 4.47 Å². The lowest BCUT2D eigenvalue weighted by atomic mass is 10.2. The Balaban J connectivity index is 0. The van der Waals surface area contributed by atoms with E-state index in [4.69, 9.17) is 10.2 Å². The minimum atomic E-state index is -1.45. The van der Waals surface area contributed by atoms with Gasteiger partial charge in [-0.05, 0) is 38.1 Å². The molecule has 2 rings (SSSR count). The van der Waals surface area contributed by atoms with E-state index in [0.717, 1.165) is 4.47 Å². The second-order valence-electron chi connectivity index (χ2n) is 5.21. The summed E-state index contributed by atoms with van der Waals surface area (Å²) in [5.74, 6) is -0.178. The summed E-state index contributed by atoms with van der Waals surface area (Å²) in [6.45, 7) is 3.61. The predicted octanol–water partition coefficient (Wildman–Crippen LogP) is 5.75. The average molecular weight is 521 g/mol. The lowest BCUT2D eigenvalue weighted by Gasteiger charge is -1.98. The number of halogens is 2. The molecule has 2 N–H and O–H groups in total. The molecule has 0 aliphatic carbocycles. The van der Waals surface area contributed by atoms with Crippen molar-refractivity contribution in [1.29, 1.82) is 0 Å². The number of methoxy groups -OCH3 is 1. The Bertz CT molecular complexity index is 719. The van der Waals surface area contributed by atoms with E-state index in [2.05, 4.69) is 53.9 Å². The summed E-state index contributed by atoms with van der Waals surface area (Å²) in [7, 11) is 1.28. The smallest absolute Gasteiger partial charge is 0.450 e. The molecule has 0 saturated heterocycles. The van der Waals surface area contributed by atoms with Crippen LogP contribution < -0.4 is 0 Å². The number of carbonyl (C=O) groups is 3. The molecule has 2 aromatic carbocycles. The van der Waals surface area contributed by atoms with Crippen molar-refractivity contribution >= 4 is 34.4 Å². The van der Waals surface area contributed by atoms with Gasteiger partial charge in [0.15, 0.2) is 0 Å². The van der Waals surface area contributed by atoms with E-state index >= 15 is 0 Å². The van der Waals surface area contributed by atoms with Gasteiger partial charge >= 0.3 is 18.5 Å². The van der Waals surface area contributed by atoms with E-state index in [-0.39, 0.29) is 19.0 Å². The molecule has 0 fully saturated rings. The number of aryl methyl sites for hydroxylation is 1. The molecule has 0 heterocycles. The van der Waals surface area contributed by atoms with Gasteiger partial charge in [0.05, 0.1) is 13.7 Å². The Kier molecular flexibility index (Phi) is 20.2. The van der Waals surface area contributed by atoms with Crippen LogP contribution in [0.25, 0.3) is 0 Å². The molecular weight excluding hydrogens is 495 g/mol. The highest BCUT2D eigenvalue weighted by Gasteiger charge is 1.98. The lowest BCUT2D eigenvalue weighted by Crippen LogP contribution is -2.10. The van der Waals surface area contributed by atoms with Gasteiger partial charge in [-0.2, -0.15) is 0 Å². The number of hydrogen-bond donors (Lipinski definition) is 2. The summed E-state index contributed by atoms with van der Waals surface area (Å²) in [4.78, 5) is 29.2. The molecule has 0 unspecified atom stereocenters. The van der Waals surface area contributed by atoms with Crippen LogP contribution in [0.1, 0.15) is 12.5 Å². The first-order chi connectivity index (χ1) is 15.1. The number of rotatable bonds is 4. The largest absolute Gasteiger partial charge is 0.507 e. The van der Waals surface area contributed by atoms with E-state index in [0.29, 0.717) is 6.61 Å². The number of carbonyl (C=O) groups excluding carboxylic acids is 1. The molecule has 0 spiro atoms. The maximum Gasteiger partial charge on any atom is 0.507 e. The molecule has 0 bridgehead atoms.